The van der Waals surface area contributed by atoms with E-state index >= 15 is 0 Å². The van der Waals surface area contributed by atoms with Crippen molar-refractivity contribution in [3.05, 3.63) is 23.2 Å². The Kier molecular flexibility index (Phi) is 6.30. The van der Waals surface area contributed by atoms with Crippen molar-refractivity contribution in [3.8, 4) is 5.75 Å². The van der Waals surface area contributed by atoms with Crippen molar-refractivity contribution in [2.45, 2.75) is 13.8 Å². The molecule has 0 heterocycles. The molecule has 21 heavy (non-hydrogen) atoms. The number of methoxy groups -OCH3 is 1. The maximum Gasteiger partial charge on any atom is 0.321 e. The van der Waals surface area contributed by atoms with Crippen LogP contribution in [-0.4, -0.2) is 42.2 Å². The molecule has 2 N–H and O–H groups in total. The molecule has 1 atom stereocenters. The lowest BCUT2D eigenvalue weighted by molar-refractivity contribution is -0.141. The van der Waals surface area contributed by atoms with E-state index in [1.165, 1.54) is 12.0 Å². The number of nitrogens with one attached hydrogen (secondary N) is 1. The number of halogens is 1. The molecule has 0 radical (unpaired) electrons. The van der Waals surface area contributed by atoms with Crippen LogP contribution in [0.1, 0.15) is 13.8 Å². The lowest BCUT2D eigenvalue weighted by Crippen LogP contribution is -2.39. The third-order valence-electron chi connectivity index (χ3n) is 2.99. The number of benzene rings is 1. The van der Waals surface area contributed by atoms with Gasteiger partial charge in [0.15, 0.2) is 0 Å². The number of aliphatic carboxylic acids is 1. The van der Waals surface area contributed by atoms with Crippen molar-refractivity contribution >= 4 is 29.3 Å². The molecule has 0 aromatic heterocycles. The van der Waals surface area contributed by atoms with Crippen LogP contribution in [0.4, 0.5) is 10.5 Å². The summed E-state index contributed by atoms with van der Waals surface area (Å²) in [5.74, 6) is -1.05. The number of anilines is 1. The van der Waals surface area contributed by atoms with E-state index in [1.807, 2.05) is 0 Å². The monoisotopic (exact) mass is 314 g/mol. The first kappa shape index (κ1) is 17.1. The van der Waals surface area contributed by atoms with Gasteiger partial charge in [-0.1, -0.05) is 18.5 Å². The minimum Gasteiger partial charge on any atom is -0.495 e. The van der Waals surface area contributed by atoms with Gasteiger partial charge in [0.2, 0.25) is 0 Å². The van der Waals surface area contributed by atoms with Gasteiger partial charge in [0.25, 0.3) is 0 Å². The summed E-state index contributed by atoms with van der Waals surface area (Å²) in [7, 11) is 1.51. The Morgan fingerprint density at radius 3 is 2.62 bits per heavy atom. The zero-order valence-corrected chi connectivity index (χ0v) is 13.0. The van der Waals surface area contributed by atoms with Gasteiger partial charge >= 0.3 is 12.0 Å². The van der Waals surface area contributed by atoms with Crippen molar-refractivity contribution in [1.29, 1.82) is 0 Å². The van der Waals surface area contributed by atoms with Gasteiger partial charge in [-0.3, -0.25) is 4.79 Å². The number of carboxylic acid groups (broad SMARTS) is 1. The highest BCUT2D eigenvalue weighted by molar-refractivity contribution is 6.32. The van der Waals surface area contributed by atoms with Crippen molar-refractivity contribution in [2.24, 2.45) is 5.92 Å². The first-order chi connectivity index (χ1) is 9.88. The second kappa shape index (κ2) is 7.73. The Labute approximate surface area is 128 Å². The average molecular weight is 315 g/mol. The van der Waals surface area contributed by atoms with Crippen LogP contribution < -0.4 is 10.1 Å². The van der Waals surface area contributed by atoms with Gasteiger partial charge in [-0.2, -0.15) is 0 Å². The molecule has 6 nitrogen and oxygen atoms in total. The van der Waals surface area contributed by atoms with Gasteiger partial charge in [0, 0.05) is 18.8 Å². The standard InChI is InChI=1S/C14H19ClN2O4/c1-4-17(8-9(2)13(18)19)14(20)16-10-5-6-12(21-3)11(15)7-10/h5-7,9H,4,8H2,1-3H3,(H,16,20)(H,18,19). The van der Waals surface area contributed by atoms with Crippen LogP contribution in [0.5, 0.6) is 5.75 Å². The number of amides is 2. The summed E-state index contributed by atoms with van der Waals surface area (Å²) in [5.41, 5.74) is 0.521. The maximum absolute atomic E-state index is 12.1. The molecule has 1 aromatic carbocycles. The SMILES string of the molecule is CCN(CC(C)C(=O)O)C(=O)Nc1ccc(OC)c(Cl)c1. The molecular formula is C14H19ClN2O4. The van der Waals surface area contributed by atoms with Crippen molar-refractivity contribution in [2.75, 3.05) is 25.5 Å². The largest absolute Gasteiger partial charge is 0.495 e. The summed E-state index contributed by atoms with van der Waals surface area (Å²) >= 11 is 5.98. The molecular weight excluding hydrogens is 296 g/mol. The average Bonchev–Trinajstić information content (AvgIpc) is 2.44. The second-order valence-corrected chi connectivity index (χ2v) is 4.96. The molecule has 2 amide bonds. The number of carbonyl (C=O) groups is 2. The molecule has 0 saturated carbocycles. The zero-order valence-electron chi connectivity index (χ0n) is 12.2. The highest BCUT2D eigenvalue weighted by Gasteiger charge is 2.19. The molecule has 0 aliphatic rings. The third kappa shape index (κ3) is 4.82. The van der Waals surface area contributed by atoms with E-state index in [0.717, 1.165) is 0 Å². The molecule has 1 unspecified atom stereocenters. The number of ether oxygens (including phenoxy) is 1. The summed E-state index contributed by atoms with van der Waals surface area (Å²) in [5, 5.41) is 12.0. The smallest absolute Gasteiger partial charge is 0.321 e. The fourth-order valence-electron chi connectivity index (χ4n) is 1.71. The van der Waals surface area contributed by atoms with Gasteiger partial charge in [-0.05, 0) is 25.1 Å². The molecule has 1 rings (SSSR count). The van der Waals surface area contributed by atoms with E-state index in [2.05, 4.69) is 5.32 Å². The van der Waals surface area contributed by atoms with E-state index in [-0.39, 0.29) is 12.6 Å². The molecule has 1 aromatic rings. The van der Waals surface area contributed by atoms with E-state index < -0.39 is 11.9 Å². The highest BCUT2D eigenvalue weighted by atomic mass is 35.5. The van der Waals surface area contributed by atoms with Crippen molar-refractivity contribution < 1.29 is 19.4 Å². The normalized spacial score (nSPS) is 11.6. The van der Waals surface area contributed by atoms with Crippen LogP contribution in [0.15, 0.2) is 18.2 Å². The van der Waals surface area contributed by atoms with E-state index in [4.69, 9.17) is 21.4 Å². The second-order valence-electron chi connectivity index (χ2n) is 4.56. The molecule has 0 saturated heterocycles. The molecule has 0 fully saturated rings. The molecule has 0 bridgehead atoms. The molecule has 0 aliphatic heterocycles. The zero-order chi connectivity index (χ0) is 16.0. The van der Waals surface area contributed by atoms with Crippen LogP contribution in [0.25, 0.3) is 0 Å². The first-order valence-electron chi connectivity index (χ1n) is 6.51. The summed E-state index contributed by atoms with van der Waals surface area (Å²) < 4.78 is 5.03. The Morgan fingerprint density at radius 2 is 2.14 bits per heavy atom. The topological polar surface area (TPSA) is 78.9 Å². The van der Waals surface area contributed by atoms with Crippen LogP contribution >= 0.6 is 11.6 Å². The lowest BCUT2D eigenvalue weighted by atomic mass is 10.2. The summed E-state index contributed by atoms with van der Waals surface area (Å²) in [6.45, 7) is 3.90. The predicted molar refractivity (Wildman–Crippen MR) is 81.1 cm³/mol. The summed E-state index contributed by atoms with van der Waals surface area (Å²) in [6.07, 6.45) is 0. The van der Waals surface area contributed by atoms with Crippen LogP contribution in [0.3, 0.4) is 0 Å². The number of nitrogens with zero attached hydrogens (tertiary/aromatic N) is 1. The highest BCUT2D eigenvalue weighted by Crippen LogP contribution is 2.27. The first-order valence-corrected chi connectivity index (χ1v) is 6.89. The fraction of sp³-hybridized carbons (Fsp3) is 0.429. The Balaban J connectivity index is 2.74. The van der Waals surface area contributed by atoms with Crippen LogP contribution in [-0.2, 0) is 4.79 Å². The molecule has 116 valence electrons. The van der Waals surface area contributed by atoms with E-state index in [1.54, 1.807) is 32.0 Å². The number of carboxylic acids is 1. The Bertz CT molecular complexity index is 522. The van der Waals surface area contributed by atoms with Crippen molar-refractivity contribution in [3.63, 3.8) is 0 Å². The lowest BCUT2D eigenvalue weighted by Gasteiger charge is -2.23. The number of hydrogen-bond acceptors (Lipinski definition) is 3. The van der Waals surface area contributed by atoms with Crippen LogP contribution in [0, 0.1) is 5.92 Å². The van der Waals surface area contributed by atoms with E-state index in [0.29, 0.717) is 23.0 Å². The Hall–Kier alpha value is -1.95. The fourth-order valence-corrected chi connectivity index (χ4v) is 1.97. The maximum atomic E-state index is 12.1. The summed E-state index contributed by atoms with van der Waals surface area (Å²) in [4.78, 5) is 24.4. The minimum absolute atomic E-state index is 0.140. The van der Waals surface area contributed by atoms with E-state index in [9.17, 15) is 9.59 Å². The minimum atomic E-state index is -0.936. The van der Waals surface area contributed by atoms with Crippen LogP contribution in [0.2, 0.25) is 5.02 Å². The Morgan fingerprint density at radius 1 is 1.48 bits per heavy atom. The number of urea groups is 1. The van der Waals surface area contributed by atoms with Crippen molar-refractivity contribution in [1.82, 2.24) is 4.90 Å². The third-order valence-corrected chi connectivity index (χ3v) is 3.28. The number of hydrogen-bond donors (Lipinski definition) is 2. The van der Waals surface area contributed by atoms with Gasteiger partial charge in [0.1, 0.15) is 5.75 Å². The van der Waals surface area contributed by atoms with Gasteiger partial charge in [-0.25, -0.2) is 4.79 Å². The van der Waals surface area contributed by atoms with Gasteiger partial charge in [0.05, 0.1) is 18.1 Å². The van der Waals surface area contributed by atoms with Gasteiger partial charge in [-0.15, -0.1) is 0 Å². The molecule has 7 heteroatoms. The predicted octanol–water partition coefficient (Wildman–Crippen LogP) is 2.92. The summed E-state index contributed by atoms with van der Waals surface area (Å²) in [6, 6.07) is 4.52. The molecule has 0 aliphatic carbocycles. The number of rotatable bonds is 6. The quantitative estimate of drug-likeness (QED) is 0.846. The number of carbonyl (C=O) groups excluding carboxylic acids is 1. The van der Waals surface area contributed by atoms with Gasteiger partial charge < -0.3 is 20.1 Å². The molecule has 0 spiro atoms.